The Labute approximate surface area is 79.1 Å². The smallest absolute Gasteiger partial charge is 0.314 e. The summed E-state index contributed by atoms with van der Waals surface area (Å²) in [6.07, 6.45) is 2.95. The third-order valence-corrected chi connectivity index (χ3v) is 2.90. The molecule has 0 aromatic carbocycles. The Morgan fingerprint density at radius 1 is 1.62 bits per heavy atom. The summed E-state index contributed by atoms with van der Waals surface area (Å²) in [6, 6.07) is 0. The maximum Gasteiger partial charge on any atom is 0.314 e. The largest absolute Gasteiger partial charge is 0.465 e. The zero-order valence-electron chi connectivity index (χ0n) is 8.38. The van der Waals surface area contributed by atoms with Gasteiger partial charge in [0.05, 0.1) is 18.1 Å². The highest BCUT2D eigenvalue weighted by atomic mass is 16.5. The molecule has 3 nitrogen and oxygen atoms in total. The highest BCUT2D eigenvalue weighted by molar-refractivity contribution is 5.77. The quantitative estimate of drug-likeness (QED) is 0.665. The van der Waals surface area contributed by atoms with E-state index in [4.69, 9.17) is 4.74 Å². The zero-order chi connectivity index (χ0) is 9.90. The number of hydrogen-bond donors (Lipinski definition) is 1. The molecule has 1 rings (SSSR count). The van der Waals surface area contributed by atoms with Crippen LogP contribution < -0.4 is 0 Å². The average molecular weight is 186 g/mol. The maximum absolute atomic E-state index is 11.5. The predicted octanol–water partition coefficient (Wildman–Crippen LogP) is 1.49. The fourth-order valence-electron chi connectivity index (χ4n) is 1.85. The van der Waals surface area contributed by atoms with Gasteiger partial charge in [-0.05, 0) is 26.7 Å². The van der Waals surface area contributed by atoms with Gasteiger partial charge in [0, 0.05) is 0 Å². The molecular formula is C10H18O3. The highest BCUT2D eigenvalue weighted by Gasteiger charge is 2.43. The first-order valence-corrected chi connectivity index (χ1v) is 4.96. The molecule has 0 unspecified atom stereocenters. The van der Waals surface area contributed by atoms with Crippen molar-refractivity contribution in [2.45, 2.75) is 45.6 Å². The molecule has 13 heavy (non-hydrogen) atoms. The summed E-state index contributed by atoms with van der Waals surface area (Å²) >= 11 is 0. The molecule has 0 aliphatic heterocycles. The fraction of sp³-hybridized carbons (Fsp3) is 0.900. The van der Waals surface area contributed by atoms with E-state index in [0.717, 1.165) is 25.7 Å². The van der Waals surface area contributed by atoms with E-state index < -0.39 is 11.5 Å². The van der Waals surface area contributed by atoms with Crippen LogP contribution >= 0.6 is 0 Å². The van der Waals surface area contributed by atoms with Crippen LogP contribution in [0.1, 0.15) is 39.5 Å². The van der Waals surface area contributed by atoms with Crippen molar-refractivity contribution in [3.63, 3.8) is 0 Å². The van der Waals surface area contributed by atoms with Crippen molar-refractivity contribution in [1.82, 2.24) is 0 Å². The molecule has 0 radical (unpaired) electrons. The van der Waals surface area contributed by atoms with Gasteiger partial charge >= 0.3 is 5.97 Å². The first kappa shape index (κ1) is 10.5. The second-order valence-corrected chi connectivity index (χ2v) is 3.90. The molecule has 0 amide bonds. The first-order chi connectivity index (χ1) is 6.11. The summed E-state index contributed by atoms with van der Waals surface area (Å²) < 4.78 is 4.96. The van der Waals surface area contributed by atoms with Gasteiger partial charge in [0.25, 0.3) is 0 Å². The summed E-state index contributed by atoms with van der Waals surface area (Å²) in [6.45, 7) is 3.98. The molecule has 0 heterocycles. The monoisotopic (exact) mass is 186 g/mol. The van der Waals surface area contributed by atoms with Gasteiger partial charge in [0.15, 0.2) is 0 Å². The van der Waals surface area contributed by atoms with Crippen molar-refractivity contribution in [1.29, 1.82) is 0 Å². The average Bonchev–Trinajstić information content (AvgIpc) is 2.11. The Morgan fingerprint density at radius 3 is 2.85 bits per heavy atom. The van der Waals surface area contributed by atoms with Gasteiger partial charge in [-0.3, -0.25) is 4.79 Å². The molecule has 1 saturated carbocycles. The van der Waals surface area contributed by atoms with Crippen LogP contribution in [0.3, 0.4) is 0 Å². The number of aliphatic hydroxyl groups is 1. The Kier molecular flexibility index (Phi) is 3.31. The van der Waals surface area contributed by atoms with E-state index in [1.54, 1.807) is 13.8 Å². The van der Waals surface area contributed by atoms with Crippen molar-refractivity contribution in [3.8, 4) is 0 Å². The second kappa shape index (κ2) is 4.09. The topological polar surface area (TPSA) is 46.5 Å². The Morgan fingerprint density at radius 2 is 2.31 bits per heavy atom. The van der Waals surface area contributed by atoms with Gasteiger partial charge in [-0.1, -0.05) is 12.8 Å². The van der Waals surface area contributed by atoms with Crippen LogP contribution in [-0.4, -0.2) is 23.8 Å². The van der Waals surface area contributed by atoms with Crippen LogP contribution in [0.4, 0.5) is 0 Å². The lowest BCUT2D eigenvalue weighted by molar-refractivity contribution is -0.164. The SMILES string of the molecule is CCOC(=O)[C@@]1(C)CCCC[C@H]1O. The van der Waals surface area contributed by atoms with Gasteiger partial charge in [0.1, 0.15) is 0 Å². The van der Waals surface area contributed by atoms with Crippen LogP contribution in [-0.2, 0) is 9.53 Å². The molecule has 3 heteroatoms. The molecule has 0 bridgehead atoms. The molecular weight excluding hydrogens is 168 g/mol. The Hall–Kier alpha value is -0.570. The number of hydrogen-bond acceptors (Lipinski definition) is 3. The van der Waals surface area contributed by atoms with Gasteiger partial charge in [-0.25, -0.2) is 0 Å². The second-order valence-electron chi connectivity index (χ2n) is 3.90. The number of esters is 1. The molecule has 0 spiro atoms. The molecule has 0 aromatic heterocycles. The van der Waals surface area contributed by atoms with E-state index in [0.29, 0.717) is 6.61 Å². The summed E-state index contributed by atoms with van der Waals surface area (Å²) in [5.41, 5.74) is -0.658. The van der Waals surface area contributed by atoms with Crippen molar-refractivity contribution in [2.24, 2.45) is 5.41 Å². The molecule has 1 aliphatic carbocycles. The highest BCUT2D eigenvalue weighted by Crippen LogP contribution is 2.37. The fourth-order valence-corrected chi connectivity index (χ4v) is 1.85. The lowest BCUT2D eigenvalue weighted by Gasteiger charge is -2.35. The maximum atomic E-state index is 11.5. The summed E-state index contributed by atoms with van der Waals surface area (Å²) in [5.74, 6) is -0.248. The molecule has 1 N–H and O–H groups in total. The Balaban J connectivity index is 2.65. The van der Waals surface area contributed by atoms with Crippen LogP contribution in [0, 0.1) is 5.41 Å². The molecule has 0 aromatic rings. The minimum Gasteiger partial charge on any atom is -0.465 e. The summed E-state index contributed by atoms with van der Waals surface area (Å²) in [4.78, 5) is 11.5. The van der Waals surface area contributed by atoms with Gasteiger partial charge in [0.2, 0.25) is 0 Å². The normalized spacial score (nSPS) is 34.2. The number of rotatable bonds is 2. The van der Waals surface area contributed by atoms with E-state index in [-0.39, 0.29) is 5.97 Å². The predicted molar refractivity (Wildman–Crippen MR) is 49.2 cm³/mol. The van der Waals surface area contributed by atoms with Crippen LogP contribution in [0.2, 0.25) is 0 Å². The van der Waals surface area contributed by atoms with Crippen molar-refractivity contribution in [3.05, 3.63) is 0 Å². The van der Waals surface area contributed by atoms with E-state index in [1.165, 1.54) is 0 Å². The number of carbonyl (C=O) groups is 1. The van der Waals surface area contributed by atoms with Crippen molar-refractivity contribution in [2.75, 3.05) is 6.61 Å². The lowest BCUT2D eigenvalue weighted by Crippen LogP contribution is -2.43. The van der Waals surface area contributed by atoms with E-state index in [9.17, 15) is 9.90 Å². The van der Waals surface area contributed by atoms with E-state index in [1.807, 2.05) is 0 Å². The first-order valence-electron chi connectivity index (χ1n) is 4.96. The van der Waals surface area contributed by atoms with Crippen LogP contribution in [0.25, 0.3) is 0 Å². The van der Waals surface area contributed by atoms with Gasteiger partial charge in [-0.15, -0.1) is 0 Å². The standard InChI is InChI=1S/C10H18O3/c1-3-13-9(12)10(2)7-5-4-6-8(10)11/h8,11H,3-7H2,1-2H3/t8-,10+/m1/s1. The number of aliphatic hydroxyl groups excluding tert-OH is 1. The van der Waals surface area contributed by atoms with Crippen molar-refractivity contribution < 1.29 is 14.6 Å². The Bertz CT molecular complexity index is 191. The van der Waals surface area contributed by atoms with Crippen molar-refractivity contribution >= 4 is 5.97 Å². The van der Waals surface area contributed by atoms with Gasteiger partial charge in [-0.2, -0.15) is 0 Å². The van der Waals surface area contributed by atoms with Gasteiger partial charge < -0.3 is 9.84 Å². The lowest BCUT2D eigenvalue weighted by atomic mass is 9.73. The molecule has 76 valence electrons. The minimum atomic E-state index is -0.658. The zero-order valence-corrected chi connectivity index (χ0v) is 8.38. The van der Waals surface area contributed by atoms with Crippen LogP contribution in [0.15, 0.2) is 0 Å². The summed E-state index contributed by atoms with van der Waals surface area (Å²) in [5, 5.41) is 9.72. The number of ether oxygens (including phenoxy) is 1. The van der Waals surface area contributed by atoms with Crippen LogP contribution in [0.5, 0.6) is 0 Å². The molecule has 1 aliphatic rings. The number of carbonyl (C=O) groups excluding carboxylic acids is 1. The van der Waals surface area contributed by atoms with E-state index >= 15 is 0 Å². The summed E-state index contributed by atoms with van der Waals surface area (Å²) in [7, 11) is 0. The third-order valence-electron chi connectivity index (χ3n) is 2.90. The third kappa shape index (κ3) is 2.02. The molecule has 1 fully saturated rings. The molecule has 2 atom stereocenters. The molecule has 0 saturated heterocycles. The minimum absolute atomic E-state index is 0.248. The van der Waals surface area contributed by atoms with E-state index in [2.05, 4.69) is 0 Å².